The second-order valence-corrected chi connectivity index (χ2v) is 5.92. The molecule has 0 bridgehead atoms. The highest BCUT2D eigenvalue weighted by molar-refractivity contribution is 8.00. The van der Waals surface area contributed by atoms with Crippen molar-refractivity contribution >= 4 is 17.4 Å². The molecule has 2 N–H and O–H groups in total. The molecule has 1 aliphatic rings. The molecule has 6 heteroatoms. The third-order valence-corrected chi connectivity index (χ3v) is 4.52. The van der Waals surface area contributed by atoms with Gasteiger partial charge in [0.25, 0.3) is 0 Å². The summed E-state index contributed by atoms with van der Waals surface area (Å²) in [4.78, 5) is 0. The monoisotopic (exact) mass is 261 g/mol. The van der Waals surface area contributed by atoms with Gasteiger partial charge in [0.2, 0.25) is 5.82 Å². The summed E-state index contributed by atoms with van der Waals surface area (Å²) in [7, 11) is 0. The minimum Gasteiger partial charge on any atom is -0.381 e. The third kappa shape index (κ3) is 2.33. The number of H-pyrrole nitrogens is 1. The van der Waals surface area contributed by atoms with Gasteiger partial charge in [0.05, 0.1) is 0 Å². The summed E-state index contributed by atoms with van der Waals surface area (Å²) in [6.45, 7) is 2.28. The maximum atomic E-state index is 4.00. The van der Waals surface area contributed by atoms with Gasteiger partial charge < -0.3 is 5.32 Å². The van der Waals surface area contributed by atoms with Crippen LogP contribution in [0.4, 0.5) is 5.69 Å². The number of nitrogens with one attached hydrogen (secondary N) is 2. The van der Waals surface area contributed by atoms with Crippen LogP contribution in [0.3, 0.4) is 0 Å². The fourth-order valence-electron chi connectivity index (χ4n) is 2.17. The molecule has 5 nitrogen and oxygen atoms in total. The summed E-state index contributed by atoms with van der Waals surface area (Å²) in [6, 6.07) is 8.71. The van der Waals surface area contributed by atoms with Crippen molar-refractivity contribution in [3.63, 3.8) is 0 Å². The summed E-state index contributed by atoms with van der Waals surface area (Å²) < 4.78 is 0. The number of benzene rings is 1. The average molecular weight is 261 g/mol. The van der Waals surface area contributed by atoms with Gasteiger partial charge in [-0.1, -0.05) is 19.1 Å². The molecular formula is C12H15N5S. The SMILES string of the molecule is CC1SCCC1Nc1cccc(-c2nn[nH]n2)c1. The van der Waals surface area contributed by atoms with E-state index in [0.717, 1.165) is 11.3 Å². The predicted octanol–water partition coefficient (Wildman–Crippen LogP) is 2.17. The third-order valence-electron chi connectivity index (χ3n) is 3.19. The fraction of sp³-hybridized carbons (Fsp3) is 0.417. The highest BCUT2D eigenvalue weighted by atomic mass is 32.2. The molecule has 0 spiro atoms. The summed E-state index contributed by atoms with van der Waals surface area (Å²) in [6.07, 6.45) is 1.22. The summed E-state index contributed by atoms with van der Waals surface area (Å²) >= 11 is 2.02. The van der Waals surface area contributed by atoms with E-state index in [4.69, 9.17) is 0 Å². The van der Waals surface area contributed by atoms with Gasteiger partial charge in [-0.3, -0.25) is 0 Å². The molecular weight excluding hydrogens is 246 g/mol. The van der Waals surface area contributed by atoms with Crippen molar-refractivity contribution < 1.29 is 0 Å². The lowest BCUT2D eigenvalue weighted by Crippen LogP contribution is -2.24. The molecule has 2 heterocycles. The van der Waals surface area contributed by atoms with Crippen molar-refractivity contribution in [2.24, 2.45) is 0 Å². The van der Waals surface area contributed by atoms with Gasteiger partial charge in [-0.25, -0.2) is 0 Å². The van der Waals surface area contributed by atoms with Gasteiger partial charge >= 0.3 is 0 Å². The Balaban J connectivity index is 1.79. The van der Waals surface area contributed by atoms with Crippen LogP contribution < -0.4 is 5.32 Å². The normalized spacial score (nSPS) is 23.2. The molecule has 1 aromatic heterocycles. The van der Waals surface area contributed by atoms with E-state index in [0.29, 0.717) is 17.1 Å². The van der Waals surface area contributed by atoms with Crippen molar-refractivity contribution in [1.29, 1.82) is 0 Å². The van der Waals surface area contributed by atoms with E-state index in [1.165, 1.54) is 12.2 Å². The lowest BCUT2D eigenvalue weighted by atomic mass is 10.1. The van der Waals surface area contributed by atoms with E-state index in [2.05, 4.69) is 45.0 Å². The molecule has 0 aliphatic carbocycles. The van der Waals surface area contributed by atoms with Crippen LogP contribution >= 0.6 is 11.8 Å². The first-order chi connectivity index (χ1) is 8.83. The Hall–Kier alpha value is -1.56. The molecule has 18 heavy (non-hydrogen) atoms. The Morgan fingerprint density at radius 2 is 2.39 bits per heavy atom. The zero-order valence-electron chi connectivity index (χ0n) is 10.1. The molecule has 94 valence electrons. The van der Waals surface area contributed by atoms with E-state index in [1.807, 2.05) is 23.9 Å². The van der Waals surface area contributed by atoms with Crippen LogP contribution in [0, 0.1) is 0 Å². The van der Waals surface area contributed by atoms with Crippen molar-refractivity contribution in [1.82, 2.24) is 20.6 Å². The van der Waals surface area contributed by atoms with Gasteiger partial charge in [0, 0.05) is 22.5 Å². The van der Waals surface area contributed by atoms with Gasteiger partial charge in [0.1, 0.15) is 0 Å². The Kier molecular flexibility index (Phi) is 3.19. The lowest BCUT2D eigenvalue weighted by Gasteiger charge is -2.18. The molecule has 2 unspecified atom stereocenters. The molecule has 0 radical (unpaired) electrons. The molecule has 0 amide bonds. The smallest absolute Gasteiger partial charge is 0.204 e. The summed E-state index contributed by atoms with van der Waals surface area (Å²) in [5.41, 5.74) is 2.10. The Labute approximate surface area is 110 Å². The van der Waals surface area contributed by atoms with E-state index in [1.54, 1.807) is 0 Å². The first-order valence-electron chi connectivity index (χ1n) is 6.05. The van der Waals surface area contributed by atoms with Gasteiger partial charge in [-0.2, -0.15) is 17.0 Å². The van der Waals surface area contributed by atoms with Crippen LogP contribution in [0.25, 0.3) is 11.4 Å². The number of anilines is 1. The van der Waals surface area contributed by atoms with Crippen LogP contribution in [0.15, 0.2) is 24.3 Å². The number of tetrazole rings is 1. The molecule has 0 saturated carbocycles. The average Bonchev–Trinajstić information content (AvgIpc) is 3.02. The number of hydrogen-bond donors (Lipinski definition) is 2. The molecule has 1 saturated heterocycles. The van der Waals surface area contributed by atoms with E-state index in [9.17, 15) is 0 Å². The first-order valence-corrected chi connectivity index (χ1v) is 7.10. The van der Waals surface area contributed by atoms with Crippen LogP contribution in [0.1, 0.15) is 13.3 Å². The maximum Gasteiger partial charge on any atom is 0.204 e. The molecule has 1 aromatic carbocycles. The topological polar surface area (TPSA) is 66.5 Å². The number of aromatic amines is 1. The second-order valence-electron chi connectivity index (χ2n) is 4.43. The fourth-order valence-corrected chi connectivity index (χ4v) is 3.37. The van der Waals surface area contributed by atoms with Crippen molar-refractivity contribution in [3.05, 3.63) is 24.3 Å². The first kappa shape index (κ1) is 11.5. The standard InChI is InChI=1S/C12H15N5S/c1-8-11(5-6-18-8)13-10-4-2-3-9(7-10)12-14-16-17-15-12/h2-4,7-8,11,13H,5-6H2,1H3,(H,14,15,16,17). The largest absolute Gasteiger partial charge is 0.381 e. The molecule has 1 aliphatic heterocycles. The Bertz CT molecular complexity index is 513. The minimum absolute atomic E-state index is 0.551. The maximum absolute atomic E-state index is 4.00. The number of rotatable bonds is 3. The van der Waals surface area contributed by atoms with Gasteiger partial charge in [-0.05, 0) is 29.5 Å². The number of aromatic nitrogens is 4. The number of thioether (sulfide) groups is 1. The highest BCUT2D eigenvalue weighted by Gasteiger charge is 2.23. The minimum atomic E-state index is 0.551. The second kappa shape index (κ2) is 4.97. The van der Waals surface area contributed by atoms with E-state index >= 15 is 0 Å². The Morgan fingerprint density at radius 1 is 1.44 bits per heavy atom. The Morgan fingerprint density at radius 3 is 3.11 bits per heavy atom. The lowest BCUT2D eigenvalue weighted by molar-refractivity contribution is 0.724. The number of nitrogens with zero attached hydrogens (tertiary/aromatic N) is 3. The van der Waals surface area contributed by atoms with Crippen LogP contribution in [0.5, 0.6) is 0 Å². The van der Waals surface area contributed by atoms with Crippen molar-refractivity contribution in [3.8, 4) is 11.4 Å². The summed E-state index contributed by atoms with van der Waals surface area (Å²) in [5, 5.41) is 18.3. The molecule has 1 fully saturated rings. The predicted molar refractivity (Wildman–Crippen MR) is 73.6 cm³/mol. The van der Waals surface area contributed by atoms with Crippen LogP contribution in [0.2, 0.25) is 0 Å². The zero-order chi connectivity index (χ0) is 12.4. The van der Waals surface area contributed by atoms with E-state index < -0.39 is 0 Å². The number of hydrogen-bond acceptors (Lipinski definition) is 5. The quantitative estimate of drug-likeness (QED) is 0.886. The van der Waals surface area contributed by atoms with Gasteiger partial charge in [0.15, 0.2) is 0 Å². The molecule has 3 rings (SSSR count). The summed E-state index contributed by atoms with van der Waals surface area (Å²) in [5.74, 6) is 1.87. The molecule has 2 atom stereocenters. The van der Waals surface area contributed by atoms with Crippen LogP contribution in [-0.4, -0.2) is 37.7 Å². The van der Waals surface area contributed by atoms with E-state index in [-0.39, 0.29) is 0 Å². The van der Waals surface area contributed by atoms with Crippen molar-refractivity contribution in [2.45, 2.75) is 24.6 Å². The zero-order valence-corrected chi connectivity index (χ0v) is 10.9. The van der Waals surface area contributed by atoms with Crippen molar-refractivity contribution in [2.75, 3.05) is 11.1 Å². The van der Waals surface area contributed by atoms with Crippen LogP contribution in [-0.2, 0) is 0 Å². The van der Waals surface area contributed by atoms with Gasteiger partial charge in [-0.15, -0.1) is 10.2 Å². The highest BCUT2D eigenvalue weighted by Crippen LogP contribution is 2.29. The molecule has 2 aromatic rings.